The van der Waals surface area contributed by atoms with E-state index >= 15 is 0 Å². The summed E-state index contributed by atoms with van der Waals surface area (Å²) in [6.45, 7) is 7.93. The molecule has 8 atom stereocenters. The molecule has 21 nitrogen and oxygen atoms in total. The number of nitrogens with two attached hydrogens (primary N) is 1. The van der Waals surface area contributed by atoms with Crippen molar-refractivity contribution in [2.45, 2.75) is 127 Å². The maximum Gasteiger partial charge on any atom is 0.245 e. The summed E-state index contributed by atoms with van der Waals surface area (Å²) in [6.07, 6.45) is 10.7. The number of likely N-dealkylation sites (tertiary alicyclic amines) is 1. The number of amides is 7. The van der Waals surface area contributed by atoms with Crippen LogP contribution in [0, 0.1) is 5.92 Å². The molecule has 0 aliphatic carbocycles. The Morgan fingerprint density at radius 3 is 1.91 bits per heavy atom. The minimum Gasteiger partial charge on any atom is -0.368 e. The van der Waals surface area contributed by atoms with Crippen molar-refractivity contribution in [2.24, 2.45) is 11.7 Å². The van der Waals surface area contributed by atoms with Crippen LogP contribution in [0.4, 0.5) is 0 Å². The largest absolute Gasteiger partial charge is 0.368 e. The van der Waals surface area contributed by atoms with E-state index in [1.807, 2.05) is 98.8 Å². The quantitative estimate of drug-likeness (QED) is 0.0323. The fourth-order valence-corrected chi connectivity index (χ4v) is 9.75. The molecule has 78 heavy (non-hydrogen) atoms. The standard InChI is InChI=1S/C57H74N14O7/c1-35(2)51(56(77)67-37(4)53(74)70-49(27-42-31-60-34-65-42)57(78)71-23-13-18-43(71)32-62-46(52(58)73)24-39-16-9-6-10-17-39)63-28-36(3)66-54(75)47(25-40-29-61-45-20-12-11-19-44(40)45)69-55(76)48(26-41-30-59-33-64-41)68-50(72)22-21-38-14-7-5-8-15-38/h5-12,14-17,19-20,29-31,33-37,43,46-49,51,61-63H,13,18,21-28,32H2,1-4H3,(H2,58,73)(H,59,64)(H,60,65)(H,66,75)(H,67,77)(H,68,72)(H,69,76)(H,70,74)/t36-,37+,43+,46-,47-,48-,49-,51-/m0/s1. The molecule has 3 aromatic heterocycles. The summed E-state index contributed by atoms with van der Waals surface area (Å²) in [5, 5.41) is 22.0. The first-order valence-electron chi connectivity index (χ1n) is 26.8. The number of primary amides is 1. The number of benzene rings is 3. The van der Waals surface area contributed by atoms with E-state index in [0.29, 0.717) is 43.7 Å². The first kappa shape index (κ1) is 57.5. The van der Waals surface area contributed by atoms with Gasteiger partial charge in [-0.3, -0.25) is 33.6 Å². The van der Waals surface area contributed by atoms with Gasteiger partial charge in [-0.05, 0) is 68.2 Å². The molecule has 0 unspecified atom stereocenters. The number of nitrogens with one attached hydrogen (secondary N) is 10. The number of aromatic nitrogens is 5. The van der Waals surface area contributed by atoms with Crippen molar-refractivity contribution in [1.29, 1.82) is 0 Å². The van der Waals surface area contributed by atoms with Crippen molar-refractivity contribution >= 4 is 52.3 Å². The van der Waals surface area contributed by atoms with Gasteiger partial charge >= 0.3 is 0 Å². The second-order valence-electron chi connectivity index (χ2n) is 20.5. The van der Waals surface area contributed by atoms with Gasteiger partial charge in [0.15, 0.2) is 0 Å². The van der Waals surface area contributed by atoms with E-state index in [1.165, 1.54) is 12.7 Å². The van der Waals surface area contributed by atoms with Crippen LogP contribution in [0.5, 0.6) is 0 Å². The Kier molecular flexibility index (Phi) is 20.9. The molecule has 12 N–H and O–H groups in total. The number of nitrogens with zero attached hydrogens (tertiary/aromatic N) is 3. The van der Waals surface area contributed by atoms with E-state index in [4.69, 9.17) is 5.73 Å². The van der Waals surface area contributed by atoms with Crippen LogP contribution in [0.1, 0.15) is 75.0 Å². The molecule has 0 spiro atoms. The molecule has 1 aliphatic rings. The third kappa shape index (κ3) is 16.7. The molecule has 0 radical (unpaired) electrons. The lowest BCUT2D eigenvalue weighted by Gasteiger charge is -2.31. The number of aromatic amines is 3. The summed E-state index contributed by atoms with van der Waals surface area (Å²) in [5.41, 5.74) is 10.6. The van der Waals surface area contributed by atoms with Crippen LogP contribution in [0.15, 0.2) is 116 Å². The predicted molar refractivity (Wildman–Crippen MR) is 295 cm³/mol. The average Bonchev–Trinajstić information content (AvgIpc) is 4.29. The van der Waals surface area contributed by atoms with Gasteiger partial charge in [-0.1, -0.05) is 92.7 Å². The number of para-hydroxylation sites is 1. The highest BCUT2D eigenvalue weighted by molar-refractivity contribution is 5.94. The van der Waals surface area contributed by atoms with E-state index in [0.717, 1.165) is 34.0 Å². The molecule has 3 aromatic carbocycles. The van der Waals surface area contributed by atoms with Crippen molar-refractivity contribution in [2.75, 3.05) is 19.6 Å². The van der Waals surface area contributed by atoms with Gasteiger partial charge < -0.3 is 62.8 Å². The van der Waals surface area contributed by atoms with Gasteiger partial charge in [-0.2, -0.15) is 0 Å². The van der Waals surface area contributed by atoms with Crippen LogP contribution in [-0.2, 0) is 65.7 Å². The Hall–Kier alpha value is -8.17. The lowest BCUT2D eigenvalue weighted by atomic mass is 10.0. The number of H-pyrrole nitrogens is 3. The molecule has 6 aromatic rings. The first-order chi connectivity index (χ1) is 37.6. The summed E-state index contributed by atoms with van der Waals surface area (Å²) in [4.78, 5) is 116. The molecule has 7 rings (SSSR count). The molecule has 4 heterocycles. The number of imidazole rings is 2. The van der Waals surface area contributed by atoms with E-state index in [1.54, 1.807) is 37.3 Å². The summed E-state index contributed by atoms with van der Waals surface area (Å²) in [5.74, 6) is -3.47. The number of carbonyl (C=O) groups excluding carboxylic acids is 7. The van der Waals surface area contributed by atoms with Crippen LogP contribution >= 0.6 is 0 Å². The minimum absolute atomic E-state index is 0.0990. The highest BCUT2D eigenvalue weighted by atomic mass is 16.2. The monoisotopic (exact) mass is 1070 g/mol. The Morgan fingerprint density at radius 2 is 1.26 bits per heavy atom. The summed E-state index contributed by atoms with van der Waals surface area (Å²) < 4.78 is 0. The highest BCUT2D eigenvalue weighted by Crippen LogP contribution is 2.21. The third-order valence-corrected chi connectivity index (χ3v) is 14.1. The number of rotatable bonds is 29. The van der Waals surface area contributed by atoms with Crippen LogP contribution in [0.25, 0.3) is 10.9 Å². The number of aryl methyl sites for hydroxylation is 1. The summed E-state index contributed by atoms with van der Waals surface area (Å²) in [7, 11) is 0. The molecule has 1 saturated heterocycles. The van der Waals surface area contributed by atoms with Gasteiger partial charge in [0.05, 0.1) is 24.7 Å². The lowest BCUT2D eigenvalue weighted by Crippen LogP contribution is -2.59. The molecule has 21 heteroatoms. The van der Waals surface area contributed by atoms with Crippen LogP contribution in [0.3, 0.4) is 0 Å². The number of hydrogen-bond acceptors (Lipinski definition) is 11. The minimum atomic E-state index is -1.08. The number of fused-ring (bicyclic) bond motifs is 1. The second-order valence-corrected chi connectivity index (χ2v) is 20.5. The second kappa shape index (κ2) is 28.3. The van der Waals surface area contributed by atoms with Gasteiger partial charge in [0.2, 0.25) is 41.4 Å². The lowest BCUT2D eigenvalue weighted by molar-refractivity contribution is -0.138. The van der Waals surface area contributed by atoms with Crippen molar-refractivity contribution in [3.8, 4) is 0 Å². The maximum atomic E-state index is 14.4. The van der Waals surface area contributed by atoms with Crippen LogP contribution in [0.2, 0.25) is 0 Å². The SMILES string of the molecule is CC(C)[C@H](NC[C@H](C)NC(=O)[C@H](Cc1c[nH]c2ccccc12)NC(=O)[C@H](Cc1cnc[nH]1)NC(=O)CCc1ccccc1)C(=O)N[C@H](C)C(=O)N[C@@H](Cc1cnc[nH]1)C(=O)N1CCC[C@@H]1CN[C@@H](Cc1ccccc1)C(N)=O. The van der Waals surface area contributed by atoms with Gasteiger partial charge in [0.25, 0.3) is 0 Å². The van der Waals surface area contributed by atoms with Crippen molar-refractivity contribution in [1.82, 2.24) is 67.0 Å². The van der Waals surface area contributed by atoms with E-state index < -0.39 is 71.8 Å². The fraction of sp³-hybridized carbons (Fsp3) is 0.421. The normalized spacial score (nSPS) is 16.1. The zero-order valence-electron chi connectivity index (χ0n) is 44.7. The summed E-state index contributed by atoms with van der Waals surface area (Å²) in [6, 6.07) is 20.3. The van der Waals surface area contributed by atoms with Crippen LogP contribution in [-0.4, -0.2) is 139 Å². The molecular weight excluding hydrogens is 993 g/mol. The Balaban J connectivity index is 0.964. The topological polar surface area (TPSA) is 306 Å². The number of carbonyl (C=O) groups is 7. The Labute approximate surface area is 454 Å². The molecule has 7 amide bonds. The Morgan fingerprint density at radius 1 is 0.641 bits per heavy atom. The van der Waals surface area contributed by atoms with Gasteiger partial charge in [-0.15, -0.1) is 0 Å². The smallest absolute Gasteiger partial charge is 0.245 e. The summed E-state index contributed by atoms with van der Waals surface area (Å²) >= 11 is 0. The van der Waals surface area contributed by atoms with Gasteiger partial charge in [-0.25, -0.2) is 9.97 Å². The Bertz CT molecular complexity index is 2900. The van der Waals surface area contributed by atoms with E-state index in [2.05, 4.69) is 62.1 Å². The molecule has 0 saturated carbocycles. The predicted octanol–water partition coefficient (Wildman–Crippen LogP) is 2.03. The molecule has 1 fully saturated rings. The first-order valence-corrected chi connectivity index (χ1v) is 26.8. The zero-order valence-corrected chi connectivity index (χ0v) is 44.7. The number of hydrogen-bond donors (Lipinski definition) is 11. The average molecular weight is 1070 g/mol. The fourth-order valence-electron chi connectivity index (χ4n) is 9.75. The van der Waals surface area contributed by atoms with Crippen molar-refractivity contribution < 1.29 is 33.6 Å². The molecule has 0 bridgehead atoms. The van der Waals surface area contributed by atoms with Gasteiger partial charge in [0, 0.05) is 98.3 Å². The molecule has 414 valence electrons. The third-order valence-electron chi connectivity index (χ3n) is 14.1. The highest BCUT2D eigenvalue weighted by Gasteiger charge is 2.36. The van der Waals surface area contributed by atoms with Gasteiger partial charge in [0.1, 0.15) is 24.2 Å². The molecular formula is C57H74N14O7. The van der Waals surface area contributed by atoms with Crippen LogP contribution < -0.4 is 43.0 Å². The molecule has 1 aliphatic heterocycles. The van der Waals surface area contributed by atoms with Crippen molar-refractivity contribution in [3.63, 3.8) is 0 Å². The maximum absolute atomic E-state index is 14.4. The van der Waals surface area contributed by atoms with E-state index in [-0.39, 0.29) is 56.0 Å². The van der Waals surface area contributed by atoms with Crippen molar-refractivity contribution in [3.05, 3.63) is 144 Å². The zero-order chi connectivity index (χ0) is 55.6. The van der Waals surface area contributed by atoms with E-state index in [9.17, 15) is 33.6 Å².